The minimum Gasteiger partial charge on any atom is -0.480 e. The van der Waals surface area contributed by atoms with Gasteiger partial charge in [-0.3, -0.25) is 24.2 Å². The normalized spacial score (nSPS) is 13.5. The Morgan fingerprint density at radius 1 is 1.00 bits per heavy atom. The molecule has 0 radical (unpaired) electrons. The Morgan fingerprint density at radius 3 is 2.16 bits per heavy atom. The molecule has 0 bridgehead atoms. The Morgan fingerprint density at radius 2 is 1.62 bits per heavy atom. The SMILES string of the molecule is CSCCC(NC(=O)C(CC(C)C)NC(=O)C(N)CCCN=C(N)N)C(=O)NCC(=O)O. The molecule has 0 rings (SSSR count). The van der Waals surface area contributed by atoms with Crippen molar-refractivity contribution in [3.8, 4) is 0 Å². The van der Waals surface area contributed by atoms with Crippen LogP contribution in [0.3, 0.4) is 0 Å². The summed E-state index contributed by atoms with van der Waals surface area (Å²) in [6.07, 6.45) is 3.32. The third-order valence-electron chi connectivity index (χ3n) is 4.30. The lowest BCUT2D eigenvalue weighted by Crippen LogP contribution is -2.56. The van der Waals surface area contributed by atoms with E-state index in [0.717, 1.165) is 0 Å². The fourth-order valence-corrected chi connectivity index (χ4v) is 3.17. The average molecular weight is 476 g/mol. The van der Waals surface area contributed by atoms with Crippen molar-refractivity contribution in [1.29, 1.82) is 0 Å². The smallest absolute Gasteiger partial charge is 0.322 e. The molecular weight excluding hydrogens is 438 g/mol. The van der Waals surface area contributed by atoms with Crippen molar-refractivity contribution < 1.29 is 24.3 Å². The van der Waals surface area contributed by atoms with Crippen LogP contribution >= 0.6 is 11.8 Å². The van der Waals surface area contributed by atoms with Gasteiger partial charge in [0.05, 0.1) is 6.04 Å². The topological polar surface area (TPSA) is 215 Å². The zero-order chi connectivity index (χ0) is 24.7. The van der Waals surface area contributed by atoms with Crippen LogP contribution in [0.1, 0.15) is 39.5 Å². The van der Waals surface area contributed by atoms with Crippen LogP contribution < -0.4 is 33.2 Å². The van der Waals surface area contributed by atoms with Crippen LogP contribution in [0.25, 0.3) is 0 Å². The second-order valence-electron chi connectivity index (χ2n) is 7.70. The number of carboxylic acid groups (broad SMARTS) is 1. The van der Waals surface area contributed by atoms with Gasteiger partial charge in [0.1, 0.15) is 18.6 Å². The van der Waals surface area contributed by atoms with Gasteiger partial charge in [0.25, 0.3) is 0 Å². The third-order valence-corrected chi connectivity index (χ3v) is 4.95. The number of nitrogens with one attached hydrogen (secondary N) is 3. The van der Waals surface area contributed by atoms with Crippen LogP contribution in [0.5, 0.6) is 0 Å². The van der Waals surface area contributed by atoms with E-state index in [-0.39, 0.29) is 11.9 Å². The molecule has 0 aliphatic carbocycles. The standard InChI is InChI=1S/C19H37N7O5S/c1-11(2)9-14(26-16(29)12(20)5-4-7-23-19(21)22)18(31)25-13(6-8-32-3)17(30)24-10-15(27)28/h11-14H,4-10,20H2,1-3H3,(H,24,30)(H,25,31)(H,26,29)(H,27,28)(H4,21,22,23). The number of carbonyl (C=O) groups is 4. The van der Waals surface area contributed by atoms with Crippen molar-refractivity contribution >= 4 is 41.4 Å². The van der Waals surface area contributed by atoms with Crippen molar-refractivity contribution in [2.24, 2.45) is 28.1 Å². The van der Waals surface area contributed by atoms with Gasteiger partial charge >= 0.3 is 5.97 Å². The lowest BCUT2D eigenvalue weighted by molar-refractivity contribution is -0.138. The Labute approximate surface area is 192 Å². The molecule has 3 unspecified atom stereocenters. The highest BCUT2D eigenvalue weighted by molar-refractivity contribution is 7.98. The molecule has 0 aromatic heterocycles. The first kappa shape index (κ1) is 29.5. The van der Waals surface area contributed by atoms with E-state index in [1.54, 1.807) is 0 Å². The number of carbonyl (C=O) groups excluding carboxylic acids is 3. The summed E-state index contributed by atoms with van der Waals surface area (Å²) in [6.45, 7) is 3.58. The molecule has 0 aliphatic rings. The van der Waals surface area contributed by atoms with Gasteiger partial charge in [-0.1, -0.05) is 13.8 Å². The van der Waals surface area contributed by atoms with Crippen LogP contribution in [0.2, 0.25) is 0 Å². The highest BCUT2D eigenvalue weighted by Gasteiger charge is 2.28. The third kappa shape index (κ3) is 13.7. The number of guanidine groups is 1. The summed E-state index contributed by atoms with van der Waals surface area (Å²) in [7, 11) is 0. The second-order valence-corrected chi connectivity index (χ2v) is 8.69. The lowest BCUT2D eigenvalue weighted by atomic mass is 10.0. The molecule has 13 heteroatoms. The van der Waals surface area contributed by atoms with Gasteiger partial charge in [-0.05, 0) is 43.6 Å². The number of nitrogens with two attached hydrogens (primary N) is 3. The highest BCUT2D eigenvalue weighted by atomic mass is 32.2. The minimum atomic E-state index is -1.19. The summed E-state index contributed by atoms with van der Waals surface area (Å²) >= 11 is 1.48. The molecule has 0 saturated carbocycles. The van der Waals surface area contributed by atoms with Gasteiger partial charge in [0, 0.05) is 6.54 Å². The maximum atomic E-state index is 12.9. The number of aliphatic imine (C=N–C) groups is 1. The second kappa shape index (κ2) is 16.1. The van der Waals surface area contributed by atoms with Crippen LogP contribution in [0, 0.1) is 5.92 Å². The molecule has 0 spiro atoms. The van der Waals surface area contributed by atoms with E-state index in [1.807, 2.05) is 20.1 Å². The molecular formula is C19H37N7O5S. The zero-order valence-electron chi connectivity index (χ0n) is 18.9. The predicted molar refractivity (Wildman–Crippen MR) is 125 cm³/mol. The fourth-order valence-electron chi connectivity index (χ4n) is 2.69. The predicted octanol–water partition coefficient (Wildman–Crippen LogP) is -1.66. The van der Waals surface area contributed by atoms with E-state index in [9.17, 15) is 19.2 Å². The molecule has 3 amide bonds. The van der Waals surface area contributed by atoms with Gasteiger partial charge in [0.15, 0.2) is 5.96 Å². The highest BCUT2D eigenvalue weighted by Crippen LogP contribution is 2.08. The van der Waals surface area contributed by atoms with E-state index < -0.39 is 48.4 Å². The fraction of sp³-hybridized carbons (Fsp3) is 0.737. The number of nitrogens with zero attached hydrogens (tertiary/aromatic N) is 1. The lowest BCUT2D eigenvalue weighted by Gasteiger charge is -2.25. The van der Waals surface area contributed by atoms with Crippen LogP contribution in [0.4, 0.5) is 0 Å². The Hall–Kier alpha value is -2.54. The summed E-state index contributed by atoms with van der Waals surface area (Å²) < 4.78 is 0. The summed E-state index contributed by atoms with van der Waals surface area (Å²) in [5.74, 6) is -2.20. The van der Waals surface area contributed by atoms with Crippen molar-refractivity contribution in [3.63, 3.8) is 0 Å². The Kier molecular flexibility index (Phi) is 14.9. The molecule has 12 nitrogen and oxygen atoms in total. The van der Waals surface area contributed by atoms with Gasteiger partial charge < -0.3 is 38.3 Å². The number of thioether (sulfide) groups is 1. The van der Waals surface area contributed by atoms with E-state index in [0.29, 0.717) is 38.0 Å². The molecule has 0 aliphatic heterocycles. The van der Waals surface area contributed by atoms with E-state index >= 15 is 0 Å². The van der Waals surface area contributed by atoms with Gasteiger partial charge in [-0.2, -0.15) is 11.8 Å². The quantitative estimate of drug-likeness (QED) is 0.0771. The van der Waals surface area contributed by atoms with Gasteiger partial charge in [0.2, 0.25) is 17.7 Å². The molecule has 3 atom stereocenters. The maximum Gasteiger partial charge on any atom is 0.322 e. The molecule has 0 aromatic carbocycles. The van der Waals surface area contributed by atoms with Crippen molar-refractivity contribution in [3.05, 3.63) is 0 Å². The Bertz CT molecular complexity index is 656. The van der Waals surface area contributed by atoms with Crippen molar-refractivity contribution in [2.75, 3.05) is 25.1 Å². The largest absolute Gasteiger partial charge is 0.480 e. The minimum absolute atomic E-state index is 0.0416. The Balaban J connectivity index is 5.10. The zero-order valence-corrected chi connectivity index (χ0v) is 19.7. The molecule has 0 aromatic rings. The van der Waals surface area contributed by atoms with Crippen molar-refractivity contribution in [1.82, 2.24) is 16.0 Å². The number of aliphatic carboxylic acids is 1. The number of hydrogen-bond acceptors (Lipinski definition) is 7. The average Bonchev–Trinajstić information content (AvgIpc) is 2.70. The first-order valence-electron chi connectivity index (χ1n) is 10.4. The first-order chi connectivity index (χ1) is 15.0. The monoisotopic (exact) mass is 475 g/mol. The van der Waals surface area contributed by atoms with Gasteiger partial charge in [-0.25, -0.2) is 0 Å². The molecule has 0 saturated heterocycles. The number of hydrogen-bond donors (Lipinski definition) is 7. The molecule has 10 N–H and O–H groups in total. The summed E-state index contributed by atoms with van der Waals surface area (Å²) in [6, 6.07) is -2.66. The summed E-state index contributed by atoms with van der Waals surface area (Å²) in [5, 5.41) is 16.3. The number of rotatable bonds is 16. The van der Waals surface area contributed by atoms with Gasteiger partial charge in [-0.15, -0.1) is 0 Å². The maximum absolute atomic E-state index is 12.9. The van der Waals surface area contributed by atoms with Crippen molar-refractivity contribution in [2.45, 2.75) is 57.7 Å². The molecule has 0 fully saturated rings. The van der Waals surface area contributed by atoms with Crippen LogP contribution in [0.15, 0.2) is 4.99 Å². The van der Waals surface area contributed by atoms with E-state index in [4.69, 9.17) is 22.3 Å². The van der Waals surface area contributed by atoms with E-state index in [1.165, 1.54) is 11.8 Å². The summed E-state index contributed by atoms with van der Waals surface area (Å²) in [4.78, 5) is 52.2. The van der Waals surface area contributed by atoms with Crippen LogP contribution in [-0.4, -0.2) is 78.0 Å². The number of carboxylic acids is 1. The van der Waals surface area contributed by atoms with E-state index in [2.05, 4.69) is 20.9 Å². The first-order valence-corrected chi connectivity index (χ1v) is 11.8. The molecule has 32 heavy (non-hydrogen) atoms. The summed E-state index contributed by atoms with van der Waals surface area (Å²) in [5.41, 5.74) is 16.4. The van der Waals surface area contributed by atoms with Crippen LogP contribution in [-0.2, 0) is 19.2 Å². The molecule has 0 heterocycles. The molecule has 184 valence electrons. The number of amides is 3.